The molecule has 0 saturated heterocycles. The minimum atomic E-state index is 0.0554. The normalized spacial score (nSPS) is 17.4. The fraction of sp³-hybridized carbons (Fsp3) is 0.467. The van der Waals surface area contributed by atoms with Gasteiger partial charge in [-0.15, -0.1) is 47.0 Å². The van der Waals surface area contributed by atoms with Crippen LogP contribution in [0.4, 0.5) is 0 Å². The number of fused-ring (bicyclic) bond motifs is 2. The largest absolute Gasteiger partial charge is 0.363 e. The predicted molar refractivity (Wildman–Crippen MR) is 158 cm³/mol. The molecule has 0 spiro atoms. The Kier molecular flexibility index (Phi) is 8.59. The van der Waals surface area contributed by atoms with Crippen molar-refractivity contribution in [1.29, 1.82) is 0 Å². The number of hydrogen-bond acceptors (Lipinski definition) is 4. The second-order valence-electron chi connectivity index (χ2n) is 9.73. The summed E-state index contributed by atoms with van der Waals surface area (Å²) in [7, 11) is 0. The van der Waals surface area contributed by atoms with Crippen LogP contribution in [0.25, 0.3) is 0 Å². The summed E-state index contributed by atoms with van der Waals surface area (Å²) >= 11 is 8.34. The van der Waals surface area contributed by atoms with E-state index in [2.05, 4.69) is 127 Å². The molecular formula is C30H37NS4. The molecule has 0 aliphatic carbocycles. The summed E-state index contributed by atoms with van der Waals surface area (Å²) in [6, 6.07) is 20.5. The van der Waals surface area contributed by atoms with E-state index < -0.39 is 0 Å². The van der Waals surface area contributed by atoms with E-state index in [1.165, 1.54) is 95.0 Å². The van der Waals surface area contributed by atoms with E-state index in [1.807, 2.05) is 0 Å². The monoisotopic (exact) mass is 539 g/mol. The van der Waals surface area contributed by atoms with Gasteiger partial charge in [0, 0.05) is 31.5 Å². The fourth-order valence-electron chi connectivity index (χ4n) is 5.10. The Morgan fingerprint density at radius 2 is 1.06 bits per heavy atom. The summed E-state index contributed by atoms with van der Waals surface area (Å²) in [6.07, 6.45) is 15.3. The molecule has 2 aromatic carbocycles. The number of hydrogen-bond donors (Lipinski definition) is 1. The summed E-state index contributed by atoms with van der Waals surface area (Å²) < 4.78 is 0.135. The van der Waals surface area contributed by atoms with E-state index in [0.29, 0.717) is 0 Å². The maximum absolute atomic E-state index is 3.83. The third-order valence-corrected chi connectivity index (χ3v) is 13.7. The Morgan fingerprint density at radius 1 is 0.600 bits per heavy atom. The van der Waals surface area contributed by atoms with Crippen LogP contribution in [0.3, 0.4) is 0 Å². The number of thioether (sulfide) groups is 4. The lowest BCUT2D eigenvalue weighted by atomic mass is 10.0. The zero-order valence-electron chi connectivity index (χ0n) is 21.0. The lowest BCUT2D eigenvalue weighted by molar-refractivity contribution is 0.606. The van der Waals surface area contributed by atoms with Crippen molar-refractivity contribution >= 4 is 47.0 Å². The molecule has 5 heteroatoms. The van der Waals surface area contributed by atoms with Crippen LogP contribution in [-0.4, -0.2) is 4.98 Å². The van der Waals surface area contributed by atoms with Gasteiger partial charge in [0.05, 0.1) is 4.08 Å². The average molecular weight is 540 g/mol. The van der Waals surface area contributed by atoms with Crippen LogP contribution in [0, 0.1) is 0 Å². The molecule has 0 saturated carbocycles. The van der Waals surface area contributed by atoms with Crippen molar-refractivity contribution < 1.29 is 0 Å². The highest BCUT2D eigenvalue weighted by molar-refractivity contribution is 8.20. The van der Waals surface area contributed by atoms with Crippen LogP contribution in [0.1, 0.15) is 89.3 Å². The number of unbranched alkanes of at least 4 members (excludes halogenated alkanes) is 6. The molecular weight excluding hydrogens is 503 g/mol. The highest BCUT2D eigenvalue weighted by atomic mass is 32.2. The summed E-state index contributed by atoms with van der Waals surface area (Å²) in [5, 5.41) is 0. The van der Waals surface area contributed by atoms with Gasteiger partial charge in [-0.05, 0) is 48.7 Å². The Morgan fingerprint density at radius 3 is 1.54 bits per heavy atom. The summed E-state index contributed by atoms with van der Waals surface area (Å²) in [6.45, 7) is 4.61. The van der Waals surface area contributed by atoms with Gasteiger partial charge < -0.3 is 4.98 Å². The topological polar surface area (TPSA) is 15.8 Å². The minimum absolute atomic E-state index is 0.0554. The molecule has 0 amide bonds. The molecule has 1 N–H and O–H groups in total. The fourth-order valence-corrected chi connectivity index (χ4v) is 11.6. The summed E-state index contributed by atoms with van der Waals surface area (Å²) in [5.41, 5.74) is 2.88. The molecule has 2 aliphatic heterocycles. The van der Waals surface area contributed by atoms with Crippen molar-refractivity contribution in [3.05, 3.63) is 72.1 Å². The van der Waals surface area contributed by atoms with Crippen LogP contribution < -0.4 is 0 Å². The molecule has 1 aromatic heterocycles. The van der Waals surface area contributed by atoms with E-state index in [9.17, 15) is 0 Å². The standard InChI is InChI=1S/C30H37NS4/c1-3-5-7-13-19-29(32-24-15-9-10-16-25(24)33-29)23-21-28(31-22-23)30(20-14-8-6-4-2)34-26-17-11-12-18-27(26)35-30/h9-12,15-18,21-22,31H,3-8,13-14,19-20H2,1-2H3. The van der Waals surface area contributed by atoms with Gasteiger partial charge in [-0.3, -0.25) is 0 Å². The molecule has 1 nitrogen and oxygen atoms in total. The van der Waals surface area contributed by atoms with E-state index in [1.54, 1.807) is 0 Å². The van der Waals surface area contributed by atoms with Crippen molar-refractivity contribution in [2.24, 2.45) is 0 Å². The van der Waals surface area contributed by atoms with E-state index in [0.717, 1.165) is 0 Å². The molecule has 0 unspecified atom stereocenters. The Balaban J connectivity index is 1.44. The highest BCUT2D eigenvalue weighted by Crippen LogP contribution is 2.66. The van der Waals surface area contributed by atoms with Crippen molar-refractivity contribution in [2.75, 3.05) is 0 Å². The number of aromatic nitrogens is 1. The van der Waals surface area contributed by atoms with Crippen LogP contribution in [0.2, 0.25) is 0 Å². The molecule has 3 heterocycles. The second-order valence-corrected chi connectivity index (χ2v) is 15.6. The summed E-state index contributed by atoms with van der Waals surface area (Å²) in [4.78, 5) is 9.60. The molecule has 35 heavy (non-hydrogen) atoms. The van der Waals surface area contributed by atoms with Gasteiger partial charge in [-0.1, -0.05) is 89.5 Å². The molecule has 0 radical (unpaired) electrons. The van der Waals surface area contributed by atoms with Crippen molar-refractivity contribution in [3.8, 4) is 0 Å². The van der Waals surface area contributed by atoms with E-state index >= 15 is 0 Å². The van der Waals surface area contributed by atoms with Crippen molar-refractivity contribution in [1.82, 2.24) is 4.98 Å². The second kappa shape index (κ2) is 11.7. The van der Waals surface area contributed by atoms with Crippen LogP contribution in [-0.2, 0) is 8.16 Å². The third-order valence-electron chi connectivity index (χ3n) is 7.05. The Labute approximate surface area is 228 Å². The predicted octanol–water partition coefficient (Wildman–Crippen LogP) is 11.1. The first-order valence-corrected chi connectivity index (χ1v) is 16.6. The van der Waals surface area contributed by atoms with E-state index in [-0.39, 0.29) is 8.16 Å². The molecule has 5 rings (SSSR count). The quantitative estimate of drug-likeness (QED) is 0.230. The number of aromatic amines is 1. The van der Waals surface area contributed by atoms with Gasteiger partial charge >= 0.3 is 0 Å². The first-order valence-electron chi connectivity index (χ1n) is 13.3. The Hall–Kier alpha value is -0.880. The van der Waals surface area contributed by atoms with Crippen LogP contribution in [0.15, 0.2) is 80.4 Å². The van der Waals surface area contributed by atoms with Gasteiger partial charge in [-0.25, -0.2) is 0 Å². The van der Waals surface area contributed by atoms with Gasteiger partial charge in [0.2, 0.25) is 0 Å². The van der Waals surface area contributed by atoms with Crippen molar-refractivity contribution in [2.45, 2.75) is 106 Å². The lowest BCUT2D eigenvalue weighted by Gasteiger charge is -2.28. The molecule has 0 fully saturated rings. The minimum Gasteiger partial charge on any atom is -0.363 e. The molecule has 0 bridgehead atoms. The molecule has 186 valence electrons. The van der Waals surface area contributed by atoms with Crippen molar-refractivity contribution in [3.63, 3.8) is 0 Å². The highest BCUT2D eigenvalue weighted by Gasteiger charge is 2.45. The zero-order valence-corrected chi connectivity index (χ0v) is 24.2. The smallest absolute Gasteiger partial charge is 0.110 e. The first kappa shape index (κ1) is 25.8. The van der Waals surface area contributed by atoms with Gasteiger partial charge in [-0.2, -0.15) is 0 Å². The average Bonchev–Trinajstić information content (AvgIpc) is 3.60. The van der Waals surface area contributed by atoms with Crippen LogP contribution in [0.5, 0.6) is 0 Å². The molecule has 2 aliphatic rings. The van der Waals surface area contributed by atoms with Gasteiger partial charge in [0.15, 0.2) is 0 Å². The molecule has 0 atom stereocenters. The van der Waals surface area contributed by atoms with Gasteiger partial charge in [0.1, 0.15) is 4.08 Å². The molecule has 3 aromatic rings. The number of benzene rings is 2. The maximum Gasteiger partial charge on any atom is 0.110 e. The van der Waals surface area contributed by atoms with Gasteiger partial charge in [0.25, 0.3) is 0 Å². The van der Waals surface area contributed by atoms with E-state index in [4.69, 9.17) is 0 Å². The number of H-pyrrole nitrogens is 1. The number of nitrogens with one attached hydrogen (secondary N) is 1. The summed E-state index contributed by atoms with van der Waals surface area (Å²) in [5.74, 6) is 0. The van der Waals surface area contributed by atoms with Crippen LogP contribution >= 0.6 is 47.0 Å². The third kappa shape index (κ3) is 5.54. The number of rotatable bonds is 12. The SMILES string of the molecule is CCCCCCC1(c2c[nH]c(C3(CCCCCC)Sc4ccccc4S3)c2)Sc2ccccc2S1. The lowest BCUT2D eigenvalue weighted by Crippen LogP contribution is -2.16. The first-order chi connectivity index (χ1) is 17.2. The maximum atomic E-state index is 3.83. The zero-order chi connectivity index (χ0) is 24.1. The Bertz CT molecular complexity index is 985.